The van der Waals surface area contributed by atoms with Crippen LogP contribution in [0.3, 0.4) is 0 Å². The zero-order valence-corrected chi connectivity index (χ0v) is 13.4. The van der Waals surface area contributed by atoms with E-state index in [1.807, 2.05) is 47.4 Å². The number of pyridine rings is 1. The topological polar surface area (TPSA) is 53.5 Å². The summed E-state index contributed by atoms with van der Waals surface area (Å²) < 4.78 is 0. The van der Waals surface area contributed by atoms with Gasteiger partial charge >= 0.3 is 0 Å². The highest BCUT2D eigenvalue weighted by atomic mass is 16.2. The molecule has 0 bridgehead atoms. The van der Waals surface area contributed by atoms with Gasteiger partial charge in [0.25, 0.3) is 0 Å². The molecule has 2 amide bonds. The van der Waals surface area contributed by atoms with Crippen molar-refractivity contribution in [3.8, 4) is 0 Å². The van der Waals surface area contributed by atoms with E-state index >= 15 is 0 Å². The van der Waals surface area contributed by atoms with Gasteiger partial charge in [0, 0.05) is 31.4 Å². The van der Waals surface area contributed by atoms with Crippen molar-refractivity contribution in [2.45, 2.75) is 19.3 Å². The summed E-state index contributed by atoms with van der Waals surface area (Å²) in [4.78, 5) is 33.3. The third-order valence-electron chi connectivity index (χ3n) is 4.76. The number of aryl methyl sites for hydroxylation is 1. The third kappa shape index (κ3) is 2.56. The summed E-state index contributed by atoms with van der Waals surface area (Å²) in [7, 11) is 0. The highest BCUT2D eigenvalue weighted by Gasteiger charge is 2.38. The van der Waals surface area contributed by atoms with E-state index in [1.54, 1.807) is 11.1 Å². The van der Waals surface area contributed by atoms with Gasteiger partial charge < -0.3 is 9.80 Å². The predicted molar refractivity (Wildman–Crippen MR) is 91.8 cm³/mol. The number of benzene rings is 1. The van der Waals surface area contributed by atoms with E-state index in [4.69, 9.17) is 0 Å². The molecule has 0 spiro atoms. The lowest BCUT2D eigenvalue weighted by molar-refractivity contribution is -0.124. The summed E-state index contributed by atoms with van der Waals surface area (Å²) in [5.41, 5.74) is 2.74. The molecule has 1 unspecified atom stereocenters. The van der Waals surface area contributed by atoms with Gasteiger partial charge in [-0.15, -0.1) is 0 Å². The van der Waals surface area contributed by atoms with Crippen molar-refractivity contribution in [1.82, 2.24) is 4.98 Å². The third-order valence-corrected chi connectivity index (χ3v) is 4.76. The molecule has 1 fully saturated rings. The fourth-order valence-corrected chi connectivity index (χ4v) is 3.57. The minimum atomic E-state index is -0.288. The van der Waals surface area contributed by atoms with Crippen LogP contribution in [0.1, 0.15) is 18.5 Å². The Morgan fingerprint density at radius 3 is 2.79 bits per heavy atom. The first kappa shape index (κ1) is 14.9. The van der Waals surface area contributed by atoms with Gasteiger partial charge in [-0.1, -0.05) is 18.2 Å². The number of nitrogens with zero attached hydrogens (tertiary/aromatic N) is 3. The predicted octanol–water partition coefficient (Wildman–Crippen LogP) is 2.41. The molecule has 4 rings (SSSR count). The van der Waals surface area contributed by atoms with E-state index in [-0.39, 0.29) is 24.2 Å². The van der Waals surface area contributed by atoms with Crippen LogP contribution >= 0.6 is 0 Å². The number of rotatable bonds is 2. The summed E-state index contributed by atoms with van der Waals surface area (Å²) >= 11 is 0. The minimum Gasteiger partial charge on any atom is -0.312 e. The molecule has 2 aliphatic heterocycles. The van der Waals surface area contributed by atoms with Crippen LogP contribution < -0.4 is 9.80 Å². The quantitative estimate of drug-likeness (QED) is 0.853. The van der Waals surface area contributed by atoms with Crippen LogP contribution in [-0.2, 0) is 16.0 Å². The van der Waals surface area contributed by atoms with Gasteiger partial charge in [0.15, 0.2) is 0 Å². The van der Waals surface area contributed by atoms with E-state index in [2.05, 4.69) is 4.98 Å². The molecule has 3 heterocycles. The smallest absolute Gasteiger partial charge is 0.232 e. The zero-order valence-electron chi connectivity index (χ0n) is 13.4. The molecule has 0 radical (unpaired) electrons. The number of hydrogen-bond donors (Lipinski definition) is 0. The van der Waals surface area contributed by atoms with Crippen LogP contribution in [-0.4, -0.2) is 29.9 Å². The Labute approximate surface area is 140 Å². The fraction of sp³-hybridized carbons (Fsp3) is 0.316. The van der Waals surface area contributed by atoms with Crippen LogP contribution in [0.5, 0.6) is 0 Å². The van der Waals surface area contributed by atoms with Gasteiger partial charge in [0.05, 0.1) is 17.3 Å². The normalized spacial score (nSPS) is 20.2. The van der Waals surface area contributed by atoms with Crippen LogP contribution in [0.25, 0.3) is 0 Å². The number of carbonyl (C=O) groups is 2. The van der Waals surface area contributed by atoms with Crippen LogP contribution in [0.4, 0.5) is 11.4 Å². The maximum Gasteiger partial charge on any atom is 0.232 e. The highest BCUT2D eigenvalue weighted by molar-refractivity contribution is 6.04. The average molecular weight is 321 g/mol. The van der Waals surface area contributed by atoms with E-state index < -0.39 is 0 Å². The zero-order chi connectivity index (χ0) is 16.5. The lowest BCUT2D eigenvalue weighted by atomic mass is 10.0. The molecule has 2 aliphatic rings. The van der Waals surface area contributed by atoms with Gasteiger partial charge in [-0.25, -0.2) is 0 Å². The molecule has 0 aliphatic carbocycles. The maximum absolute atomic E-state index is 13.0. The van der Waals surface area contributed by atoms with Crippen LogP contribution in [0.2, 0.25) is 0 Å². The number of para-hydroxylation sites is 1. The molecule has 5 heteroatoms. The number of aromatic nitrogens is 1. The summed E-state index contributed by atoms with van der Waals surface area (Å²) in [6.07, 6.45) is 3.86. The molecule has 1 atom stereocenters. The van der Waals surface area contributed by atoms with Gasteiger partial charge in [-0.3, -0.25) is 14.6 Å². The monoisotopic (exact) mass is 321 g/mol. The summed E-state index contributed by atoms with van der Waals surface area (Å²) in [6.45, 7) is 1.15. The second kappa shape index (κ2) is 6.07. The SMILES string of the molecule is O=C1CC(C(=O)N2CCCc3ncccc32)CN1c1ccccc1. The Bertz CT molecular complexity index is 775. The molecular weight excluding hydrogens is 302 g/mol. The first-order valence-electron chi connectivity index (χ1n) is 8.35. The van der Waals surface area contributed by atoms with E-state index in [9.17, 15) is 9.59 Å². The summed E-state index contributed by atoms with van der Waals surface area (Å²) in [5.74, 6) is -0.234. The van der Waals surface area contributed by atoms with Crippen LogP contribution in [0.15, 0.2) is 48.7 Å². The number of amides is 2. The second-order valence-electron chi connectivity index (χ2n) is 6.30. The van der Waals surface area contributed by atoms with E-state index in [0.717, 1.165) is 29.9 Å². The second-order valence-corrected chi connectivity index (χ2v) is 6.30. The van der Waals surface area contributed by atoms with E-state index in [1.165, 1.54) is 0 Å². The number of hydrogen-bond acceptors (Lipinski definition) is 3. The highest BCUT2D eigenvalue weighted by Crippen LogP contribution is 2.30. The van der Waals surface area contributed by atoms with Crippen molar-refractivity contribution >= 4 is 23.2 Å². The van der Waals surface area contributed by atoms with Crippen molar-refractivity contribution in [1.29, 1.82) is 0 Å². The average Bonchev–Trinajstić information content (AvgIpc) is 3.03. The Morgan fingerprint density at radius 2 is 1.96 bits per heavy atom. The molecule has 0 N–H and O–H groups in total. The van der Waals surface area contributed by atoms with Crippen LogP contribution in [0, 0.1) is 5.92 Å². The lowest BCUT2D eigenvalue weighted by Gasteiger charge is -2.30. The maximum atomic E-state index is 13.0. The molecule has 24 heavy (non-hydrogen) atoms. The van der Waals surface area contributed by atoms with E-state index in [0.29, 0.717) is 13.1 Å². The van der Waals surface area contributed by atoms with Crippen molar-refractivity contribution in [2.75, 3.05) is 22.9 Å². The number of fused-ring (bicyclic) bond motifs is 1. The van der Waals surface area contributed by atoms with Gasteiger partial charge in [-0.05, 0) is 37.1 Å². The molecule has 122 valence electrons. The fourth-order valence-electron chi connectivity index (χ4n) is 3.57. The molecule has 5 nitrogen and oxygen atoms in total. The van der Waals surface area contributed by atoms with Crippen molar-refractivity contribution in [2.24, 2.45) is 5.92 Å². The first-order valence-corrected chi connectivity index (χ1v) is 8.35. The summed E-state index contributed by atoms with van der Waals surface area (Å²) in [5, 5.41) is 0. The molecule has 0 saturated carbocycles. The molecule has 1 aromatic heterocycles. The Kier molecular flexibility index (Phi) is 3.76. The van der Waals surface area contributed by atoms with Gasteiger partial charge in [-0.2, -0.15) is 0 Å². The van der Waals surface area contributed by atoms with Gasteiger partial charge in [0.1, 0.15) is 0 Å². The van der Waals surface area contributed by atoms with Crippen molar-refractivity contribution < 1.29 is 9.59 Å². The summed E-state index contributed by atoms with van der Waals surface area (Å²) in [6, 6.07) is 13.4. The van der Waals surface area contributed by atoms with Crippen molar-refractivity contribution in [3.05, 3.63) is 54.4 Å². The van der Waals surface area contributed by atoms with Crippen molar-refractivity contribution in [3.63, 3.8) is 0 Å². The standard InChI is InChI=1S/C19H19N3O2/c23-18-12-14(13-22(18)15-6-2-1-3-7-15)19(24)21-11-5-8-16-17(21)9-4-10-20-16/h1-4,6-7,9-10,14H,5,8,11-13H2. The Hall–Kier alpha value is -2.69. The first-order chi connectivity index (χ1) is 11.7. The molecule has 2 aromatic rings. The molecule has 1 saturated heterocycles. The number of anilines is 2. The molecular formula is C19H19N3O2. The largest absolute Gasteiger partial charge is 0.312 e. The lowest BCUT2D eigenvalue weighted by Crippen LogP contribution is -2.40. The molecule has 1 aromatic carbocycles. The van der Waals surface area contributed by atoms with Gasteiger partial charge in [0.2, 0.25) is 11.8 Å². The minimum absolute atomic E-state index is 0.0166. The Morgan fingerprint density at radius 1 is 1.12 bits per heavy atom. The Balaban J connectivity index is 1.55. The number of carbonyl (C=O) groups excluding carboxylic acids is 2.